The molecule has 0 unspecified atom stereocenters. The number of rotatable bonds is 8. The summed E-state index contributed by atoms with van der Waals surface area (Å²) >= 11 is 0. The normalized spacial score (nSPS) is 13.8. The van der Waals surface area contributed by atoms with E-state index < -0.39 is 0 Å². The number of oxazole rings is 1. The van der Waals surface area contributed by atoms with Crippen LogP contribution in [-0.4, -0.2) is 57.4 Å². The van der Waals surface area contributed by atoms with Gasteiger partial charge in [0.1, 0.15) is 12.4 Å². The number of aromatic nitrogens is 3. The van der Waals surface area contributed by atoms with Crippen molar-refractivity contribution >= 4 is 24.0 Å². The monoisotopic (exact) mass is 405 g/mol. The van der Waals surface area contributed by atoms with E-state index in [1.54, 1.807) is 29.4 Å². The van der Waals surface area contributed by atoms with Gasteiger partial charge in [0.05, 0.1) is 37.6 Å². The molecule has 0 spiro atoms. The molecule has 1 fully saturated rings. The molecule has 0 atom stereocenters. The molecule has 0 saturated carbocycles. The molecule has 0 radical (unpaired) electrons. The van der Waals surface area contributed by atoms with E-state index in [1.807, 2.05) is 18.2 Å². The highest BCUT2D eigenvalue weighted by Gasteiger charge is 2.34. The maximum atomic E-state index is 12.5. The molecule has 2 N–H and O–H groups in total. The lowest BCUT2D eigenvalue weighted by atomic mass is 10.1. The first kappa shape index (κ1) is 19.2. The summed E-state index contributed by atoms with van der Waals surface area (Å²) in [5, 5.41) is 10.7. The predicted octanol–water partition coefficient (Wildman–Crippen LogP) is 2.01. The zero-order chi connectivity index (χ0) is 20.8. The third-order valence-electron chi connectivity index (χ3n) is 4.33. The lowest BCUT2D eigenvalue weighted by Gasteiger charge is -2.38. The van der Waals surface area contributed by atoms with E-state index in [-0.39, 0.29) is 17.7 Å². The number of hydrazone groups is 1. The highest BCUT2D eigenvalue weighted by molar-refractivity contribution is 6.14. The first-order valence-corrected chi connectivity index (χ1v) is 9.25. The second-order valence-electron chi connectivity index (χ2n) is 6.52. The Morgan fingerprint density at radius 3 is 2.97 bits per heavy atom. The van der Waals surface area contributed by atoms with Gasteiger partial charge in [0, 0.05) is 24.2 Å². The molecule has 0 aromatic carbocycles. The molecule has 10 nitrogen and oxygen atoms in total. The van der Waals surface area contributed by atoms with Crippen LogP contribution in [0.15, 0.2) is 58.5 Å². The topological polar surface area (TPSA) is 130 Å². The maximum Gasteiger partial charge on any atom is 0.276 e. The summed E-state index contributed by atoms with van der Waals surface area (Å²) < 4.78 is 11.1. The number of likely N-dealkylation sites (tertiary alicyclic amines) is 1. The average Bonchev–Trinajstić information content (AvgIpc) is 3.21. The number of nitrogens with one attached hydrogen (secondary N) is 2. The van der Waals surface area contributed by atoms with Crippen molar-refractivity contribution in [1.29, 1.82) is 5.41 Å². The van der Waals surface area contributed by atoms with Crippen molar-refractivity contribution in [3.8, 4) is 5.88 Å². The van der Waals surface area contributed by atoms with Crippen LogP contribution in [0.3, 0.4) is 0 Å². The van der Waals surface area contributed by atoms with Gasteiger partial charge < -0.3 is 19.5 Å². The largest absolute Gasteiger partial charge is 0.471 e. The van der Waals surface area contributed by atoms with Crippen molar-refractivity contribution in [2.45, 2.75) is 12.5 Å². The fourth-order valence-electron chi connectivity index (χ4n) is 2.82. The quantitative estimate of drug-likeness (QED) is 0.433. The van der Waals surface area contributed by atoms with Gasteiger partial charge in [0.2, 0.25) is 11.8 Å². The first-order valence-electron chi connectivity index (χ1n) is 9.25. The van der Waals surface area contributed by atoms with Gasteiger partial charge >= 0.3 is 0 Å². The second kappa shape index (κ2) is 8.95. The van der Waals surface area contributed by atoms with Gasteiger partial charge in [-0.25, -0.2) is 9.97 Å². The number of pyridine rings is 2. The van der Waals surface area contributed by atoms with Crippen LogP contribution in [0.4, 0.5) is 5.69 Å². The van der Waals surface area contributed by atoms with E-state index in [4.69, 9.17) is 14.6 Å². The Labute approximate surface area is 172 Å². The molecule has 4 heterocycles. The van der Waals surface area contributed by atoms with Gasteiger partial charge in [0.15, 0.2) is 5.69 Å². The van der Waals surface area contributed by atoms with Gasteiger partial charge in [-0.1, -0.05) is 6.07 Å². The average molecular weight is 405 g/mol. The second-order valence-corrected chi connectivity index (χ2v) is 6.52. The van der Waals surface area contributed by atoms with Crippen molar-refractivity contribution in [2.24, 2.45) is 5.10 Å². The number of nitrogens with zero attached hydrogens (tertiary/aromatic N) is 5. The van der Waals surface area contributed by atoms with E-state index >= 15 is 0 Å². The van der Waals surface area contributed by atoms with Crippen LogP contribution in [0.1, 0.15) is 22.1 Å². The number of carbonyl (C=O) groups excluding carboxylic acids is 1. The van der Waals surface area contributed by atoms with Crippen LogP contribution in [0.2, 0.25) is 0 Å². The Morgan fingerprint density at radius 2 is 2.23 bits per heavy atom. The lowest BCUT2D eigenvalue weighted by molar-refractivity contribution is 0.0156. The predicted molar refractivity (Wildman–Crippen MR) is 109 cm³/mol. The number of anilines is 1. The summed E-state index contributed by atoms with van der Waals surface area (Å²) in [5.74, 6) is 0.770. The molecule has 152 valence electrons. The molecular weight excluding hydrogens is 386 g/mol. The molecule has 1 aliphatic rings. The minimum absolute atomic E-state index is 0.0742. The minimum Gasteiger partial charge on any atom is -0.471 e. The van der Waals surface area contributed by atoms with E-state index in [0.29, 0.717) is 37.0 Å². The van der Waals surface area contributed by atoms with Gasteiger partial charge in [-0.15, -0.1) is 0 Å². The number of amides is 1. The third kappa shape index (κ3) is 4.66. The summed E-state index contributed by atoms with van der Waals surface area (Å²) in [6.07, 6.45) is 7.34. The van der Waals surface area contributed by atoms with Crippen LogP contribution in [-0.2, 0) is 6.42 Å². The fraction of sp³-hybridized carbons (Fsp3) is 0.200. The van der Waals surface area contributed by atoms with Gasteiger partial charge in [0.25, 0.3) is 5.91 Å². The van der Waals surface area contributed by atoms with Crippen molar-refractivity contribution in [1.82, 2.24) is 19.9 Å². The Hall–Kier alpha value is -4.08. The molecule has 0 bridgehead atoms. The molecule has 3 aromatic rings. The van der Waals surface area contributed by atoms with Crippen molar-refractivity contribution < 1.29 is 13.9 Å². The smallest absolute Gasteiger partial charge is 0.276 e. The Morgan fingerprint density at radius 1 is 1.33 bits per heavy atom. The highest BCUT2D eigenvalue weighted by atomic mass is 16.5. The number of hydrogen-bond donors (Lipinski definition) is 2. The number of ether oxygens (including phenoxy) is 1. The van der Waals surface area contributed by atoms with Gasteiger partial charge in [-0.2, -0.15) is 5.10 Å². The van der Waals surface area contributed by atoms with Crippen LogP contribution in [0.25, 0.3) is 0 Å². The summed E-state index contributed by atoms with van der Waals surface area (Å²) in [6.45, 7) is 0.960. The van der Waals surface area contributed by atoms with Crippen LogP contribution in [0, 0.1) is 5.41 Å². The summed E-state index contributed by atoms with van der Waals surface area (Å²) in [7, 11) is 0. The molecule has 1 aliphatic heterocycles. The third-order valence-corrected chi connectivity index (χ3v) is 4.33. The molecular formula is C20H19N7O3. The summed E-state index contributed by atoms with van der Waals surface area (Å²) in [5.41, 5.74) is 4.45. The Bertz CT molecular complexity index is 1030. The zero-order valence-electron chi connectivity index (χ0n) is 15.9. The maximum absolute atomic E-state index is 12.5. The Balaban J connectivity index is 1.28. The standard InChI is InChI=1S/C20H19N7O3/c21-6-8-24-26-15-5-4-14(23-10-15)9-19-25-17(13-29-19)20(28)27-11-16(12-27)30-18-3-1-2-7-22-18/h1-8,10,13,16,21,26H,9,11-12H2/b21-6?,24-8-. The van der Waals surface area contributed by atoms with E-state index in [9.17, 15) is 4.79 Å². The number of hydrogen-bond acceptors (Lipinski definition) is 9. The first-order chi connectivity index (χ1) is 14.7. The van der Waals surface area contributed by atoms with Gasteiger partial charge in [-0.05, 0) is 18.2 Å². The summed E-state index contributed by atoms with van der Waals surface area (Å²) in [4.78, 5) is 26.9. The molecule has 1 amide bonds. The van der Waals surface area contributed by atoms with Crippen LogP contribution in [0.5, 0.6) is 5.88 Å². The number of carbonyl (C=O) groups is 1. The Kier molecular flexibility index (Phi) is 5.74. The highest BCUT2D eigenvalue weighted by Crippen LogP contribution is 2.19. The van der Waals surface area contributed by atoms with Gasteiger partial charge in [-0.3, -0.25) is 15.2 Å². The molecule has 30 heavy (non-hydrogen) atoms. The van der Waals surface area contributed by atoms with Crippen LogP contribution >= 0.6 is 0 Å². The molecule has 0 aliphatic carbocycles. The SMILES string of the molecule is N=C/C=N\Nc1ccc(Cc2nc(C(=O)N3CC(Oc4ccccn4)C3)co2)nc1. The molecule has 4 rings (SSSR count). The molecule has 10 heteroatoms. The van der Waals surface area contributed by atoms with Crippen molar-refractivity contribution in [2.75, 3.05) is 18.5 Å². The van der Waals surface area contributed by atoms with E-state index in [0.717, 1.165) is 11.9 Å². The zero-order valence-corrected chi connectivity index (χ0v) is 15.9. The lowest BCUT2D eigenvalue weighted by Crippen LogP contribution is -2.56. The minimum atomic E-state index is -0.192. The molecule has 3 aromatic heterocycles. The van der Waals surface area contributed by atoms with Crippen LogP contribution < -0.4 is 10.2 Å². The summed E-state index contributed by atoms with van der Waals surface area (Å²) in [6, 6.07) is 9.07. The molecule has 1 saturated heterocycles. The van der Waals surface area contributed by atoms with Crippen molar-refractivity contribution in [3.05, 3.63) is 66.3 Å². The van der Waals surface area contributed by atoms with E-state index in [1.165, 1.54) is 12.5 Å². The fourth-order valence-corrected chi connectivity index (χ4v) is 2.82. The van der Waals surface area contributed by atoms with Crippen molar-refractivity contribution in [3.63, 3.8) is 0 Å². The van der Waals surface area contributed by atoms with E-state index in [2.05, 4.69) is 25.5 Å².